The summed E-state index contributed by atoms with van der Waals surface area (Å²) in [5, 5.41) is 9.66. The molecule has 0 atom stereocenters. The molecule has 88 valence electrons. The van der Waals surface area contributed by atoms with E-state index in [1.165, 1.54) is 0 Å². The number of anilines is 1. The highest BCUT2D eigenvalue weighted by Gasteiger charge is 2.03. The Balaban J connectivity index is 1.87. The molecule has 0 saturated carbocycles. The van der Waals surface area contributed by atoms with Crippen LogP contribution in [0.4, 0.5) is 10.5 Å². The van der Waals surface area contributed by atoms with Crippen molar-refractivity contribution in [3.8, 4) is 0 Å². The summed E-state index contributed by atoms with van der Waals surface area (Å²) >= 11 is 1.63. The van der Waals surface area contributed by atoms with Gasteiger partial charge in [0.25, 0.3) is 0 Å². The van der Waals surface area contributed by atoms with Gasteiger partial charge in [0.1, 0.15) is 0 Å². The van der Waals surface area contributed by atoms with Crippen LogP contribution in [0.5, 0.6) is 0 Å². The molecule has 0 fully saturated rings. The molecule has 17 heavy (non-hydrogen) atoms. The molecular formula is C13H14N2OS. The summed E-state index contributed by atoms with van der Waals surface area (Å²) in [5.74, 6) is 0. The molecule has 0 aliphatic carbocycles. The monoisotopic (exact) mass is 246 g/mol. The number of rotatable bonds is 3. The second-order valence-corrected chi connectivity index (χ2v) is 4.53. The number of para-hydroxylation sites is 1. The zero-order valence-corrected chi connectivity index (χ0v) is 10.4. The normalized spacial score (nSPS) is 9.94. The summed E-state index contributed by atoms with van der Waals surface area (Å²) in [6.45, 7) is 2.52. The first kappa shape index (κ1) is 11.7. The fourth-order valence-electron chi connectivity index (χ4n) is 1.46. The second-order valence-electron chi connectivity index (χ2n) is 3.75. The fraction of sp³-hybridized carbons (Fsp3) is 0.154. The van der Waals surface area contributed by atoms with E-state index in [0.717, 1.165) is 16.8 Å². The van der Waals surface area contributed by atoms with Crippen LogP contribution in [0.3, 0.4) is 0 Å². The highest BCUT2D eigenvalue weighted by molar-refractivity contribution is 7.07. The molecule has 0 aliphatic rings. The van der Waals surface area contributed by atoms with Gasteiger partial charge in [-0.2, -0.15) is 11.3 Å². The minimum Gasteiger partial charge on any atom is -0.334 e. The summed E-state index contributed by atoms with van der Waals surface area (Å²) in [5.41, 5.74) is 3.02. The van der Waals surface area contributed by atoms with Crippen molar-refractivity contribution in [3.63, 3.8) is 0 Å². The molecule has 0 aliphatic heterocycles. The molecule has 1 heterocycles. The molecule has 1 aromatic heterocycles. The minimum absolute atomic E-state index is 0.175. The van der Waals surface area contributed by atoms with Gasteiger partial charge in [-0.25, -0.2) is 4.79 Å². The zero-order valence-electron chi connectivity index (χ0n) is 9.57. The standard InChI is InChI=1S/C13H14N2OS/c1-10-4-2-3-5-12(10)15-13(16)14-8-11-6-7-17-9-11/h2-7,9H,8H2,1H3,(H2,14,15,16). The van der Waals surface area contributed by atoms with E-state index in [0.29, 0.717) is 6.54 Å². The van der Waals surface area contributed by atoms with E-state index < -0.39 is 0 Å². The first-order valence-corrected chi connectivity index (χ1v) is 6.31. The first-order valence-electron chi connectivity index (χ1n) is 5.37. The molecule has 3 nitrogen and oxygen atoms in total. The number of urea groups is 1. The van der Waals surface area contributed by atoms with Gasteiger partial charge in [-0.1, -0.05) is 18.2 Å². The van der Waals surface area contributed by atoms with Crippen LogP contribution in [0.15, 0.2) is 41.1 Å². The van der Waals surface area contributed by atoms with E-state index in [9.17, 15) is 4.79 Å². The lowest BCUT2D eigenvalue weighted by Gasteiger charge is -2.08. The van der Waals surface area contributed by atoms with Crippen molar-refractivity contribution in [1.29, 1.82) is 0 Å². The topological polar surface area (TPSA) is 41.1 Å². The Kier molecular flexibility index (Phi) is 3.77. The quantitative estimate of drug-likeness (QED) is 0.856. The van der Waals surface area contributed by atoms with Crippen LogP contribution in [0, 0.1) is 6.92 Å². The molecule has 0 bridgehead atoms. The summed E-state index contributed by atoms with van der Waals surface area (Å²) in [7, 11) is 0. The predicted octanol–water partition coefficient (Wildman–Crippen LogP) is 3.38. The van der Waals surface area contributed by atoms with E-state index in [1.54, 1.807) is 11.3 Å². The molecule has 0 unspecified atom stereocenters. The number of hydrogen-bond donors (Lipinski definition) is 2. The van der Waals surface area contributed by atoms with Gasteiger partial charge in [0.15, 0.2) is 0 Å². The van der Waals surface area contributed by atoms with Gasteiger partial charge in [0.2, 0.25) is 0 Å². The van der Waals surface area contributed by atoms with Gasteiger partial charge in [-0.3, -0.25) is 0 Å². The van der Waals surface area contributed by atoms with E-state index in [4.69, 9.17) is 0 Å². The van der Waals surface area contributed by atoms with Crippen molar-refractivity contribution >= 4 is 23.1 Å². The summed E-state index contributed by atoms with van der Waals surface area (Å²) < 4.78 is 0. The Labute approximate surface area is 104 Å². The first-order chi connectivity index (χ1) is 8.25. The van der Waals surface area contributed by atoms with Gasteiger partial charge >= 0.3 is 6.03 Å². The highest BCUT2D eigenvalue weighted by Crippen LogP contribution is 2.12. The molecule has 1 aromatic carbocycles. The molecule has 2 amide bonds. The van der Waals surface area contributed by atoms with E-state index >= 15 is 0 Å². The van der Waals surface area contributed by atoms with Crippen molar-refractivity contribution in [3.05, 3.63) is 52.2 Å². The van der Waals surface area contributed by atoms with E-state index in [1.807, 2.05) is 48.0 Å². The van der Waals surface area contributed by atoms with Crippen LogP contribution in [0.1, 0.15) is 11.1 Å². The third-order valence-electron chi connectivity index (χ3n) is 2.43. The third-order valence-corrected chi connectivity index (χ3v) is 3.16. The Morgan fingerprint density at radius 2 is 2.12 bits per heavy atom. The number of thiophene rings is 1. The number of benzene rings is 1. The highest BCUT2D eigenvalue weighted by atomic mass is 32.1. The molecular weight excluding hydrogens is 232 g/mol. The number of carbonyl (C=O) groups is 1. The van der Waals surface area contributed by atoms with E-state index in [2.05, 4.69) is 10.6 Å². The average Bonchev–Trinajstić information content (AvgIpc) is 2.82. The van der Waals surface area contributed by atoms with Gasteiger partial charge < -0.3 is 10.6 Å². The maximum absolute atomic E-state index is 11.6. The van der Waals surface area contributed by atoms with Gasteiger partial charge in [0.05, 0.1) is 0 Å². The maximum Gasteiger partial charge on any atom is 0.319 e. The summed E-state index contributed by atoms with van der Waals surface area (Å²) in [6, 6.07) is 9.53. The molecule has 4 heteroatoms. The van der Waals surface area contributed by atoms with Crippen LogP contribution in [-0.4, -0.2) is 6.03 Å². The van der Waals surface area contributed by atoms with Crippen molar-refractivity contribution in [2.24, 2.45) is 0 Å². The van der Waals surface area contributed by atoms with Crippen molar-refractivity contribution < 1.29 is 4.79 Å². The molecule has 2 aromatic rings. The Hall–Kier alpha value is -1.81. The lowest BCUT2D eigenvalue weighted by Crippen LogP contribution is -2.28. The van der Waals surface area contributed by atoms with Crippen LogP contribution < -0.4 is 10.6 Å². The Bertz CT molecular complexity index is 494. The zero-order chi connectivity index (χ0) is 12.1. The van der Waals surface area contributed by atoms with Gasteiger partial charge in [0, 0.05) is 12.2 Å². The lowest BCUT2D eigenvalue weighted by atomic mass is 10.2. The number of nitrogens with one attached hydrogen (secondary N) is 2. The smallest absolute Gasteiger partial charge is 0.319 e. The number of amides is 2. The van der Waals surface area contributed by atoms with Crippen LogP contribution in [-0.2, 0) is 6.54 Å². The molecule has 0 saturated heterocycles. The molecule has 0 radical (unpaired) electrons. The molecule has 2 N–H and O–H groups in total. The lowest BCUT2D eigenvalue weighted by molar-refractivity contribution is 0.251. The fourth-order valence-corrected chi connectivity index (χ4v) is 2.12. The Morgan fingerprint density at radius 1 is 1.29 bits per heavy atom. The third kappa shape index (κ3) is 3.32. The average molecular weight is 246 g/mol. The van der Waals surface area contributed by atoms with Crippen LogP contribution >= 0.6 is 11.3 Å². The van der Waals surface area contributed by atoms with Gasteiger partial charge in [-0.15, -0.1) is 0 Å². The molecule has 0 spiro atoms. The van der Waals surface area contributed by atoms with Crippen molar-refractivity contribution in [2.45, 2.75) is 13.5 Å². The number of aryl methyl sites for hydroxylation is 1. The van der Waals surface area contributed by atoms with Crippen molar-refractivity contribution in [2.75, 3.05) is 5.32 Å². The number of carbonyl (C=O) groups excluding carboxylic acids is 1. The predicted molar refractivity (Wildman–Crippen MR) is 71.4 cm³/mol. The van der Waals surface area contributed by atoms with Crippen molar-refractivity contribution in [1.82, 2.24) is 5.32 Å². The number of hydrogen-bond acceptors (Lipinski definition) is 2. The van der Waals surface area contributed by atoms with E-state index in [-0.39, 0.29) is 6.03 Å². The maximum atomic E-state index is 11.6. The largest absolute Gasteiger partial charge is 0.334 e. The summed E-state index contributed by atoms with van der Waals surface area (Å²) in [6.07, 6.45) is 0. The second kappa shape index (κ2) is 5.50. The SMILES string of the molecule is Cc1ccccc1NC(=O)NCc1ccsc1. The van der Waals surface area contributed by atoms with Crippen LogP contribution in [0.2, 0.25) is 0 Å². The summed E-state index contributed by atoms with van der Waals surface area (Å²) in [4.78, 5) is 11.6. The van der Waals surface area contributed by atoms with Gasteiger partial charge in [-0.05, 0) is 40.9 Å². The molecule has 2 rings (SSSR count). The van der Waals surface area contributed by atoms with Crippen LogP contribution in [0.25, 0.3) is 0 Å². The minimum atomic E-state index is -0.175. The Morgan fingerprint density at radius 3 is 2.82 bits per heavy atom.